The molecule has 0 aromatic heterocycles. The van der Waals surface area contributed by atoms with Crippen LogP contribution < -0.4 is 5.32 Å². The fourth-order valence-corrected chi connectivity index (χ4v) is 3.41. The number of carbonyl (C=O) groups is 1. The molecule has 0 saturated carbocycles. The molecular formula is C20H24N2O. The summed E-state index contributed by atoms with van der Waals surface area (Å²) in [5, 5.41) is 3.05. The maximum atomic E-state index is 12.4. The quantitative estimate of drug-likeness (QED) is 0.930. The molecule has 0 bridgehead atoms. The third kappa shape index (κ3) is 3.30. The number of carbonyl (C=O) groups excluding carboxylic acids is 1. The Balaban J connectivity index is 1.65. The number of aryl methyl sites for hydroxylation is 2. The second-order valence-corrected chi connectivity index (χ2v) is 6.46. The Bertz CT molecular complexity index is 723. The first kappa shape index (κ1) is 15.8. The van der Waals surface area contributed by atoms with Gasteiger partial charge in [0.2, 0.25) is 5.91 Å². The molecule has 3 heteroatoms. The molecule has 120 valence electrons. The molecule has 23 heavy (non-hydrogen) atoms. The lowest BCUT2D eigenvalue weighted by atomic mass is 10.1. The lowest BCUT2D eigenvalue weighted by Crippen LogP contribution is -2.32. The van der Waals surface area contributed by atoms with Crippen LogP contribution in [0.4, 0.5) is 5.69 Å². The molecule has 0 fully saturated rings. The summed E-state index contributed by atoms with van der Waals surface area (Å²) < 4.78 is 0. The zero-order chi connectivity index (χ0) is 16.4. The van der Waals surface area contributed by atoms with Gasteiger partial charge in [-0.25, -0.2) is 0 Å². The van der Waals surface area contributed by atoms with Gasteiger partial charge in [0.05, 0.1) is 6.54 Å². The van der Waals surface area contributed by atoms with Crippen LogP contribution in [0.3, 0.4) is 0 Å². The summed E-state index contributed by atoms with van der Waals surface area (Å²) in [4.78, 5) is 14.6. The predicted molar refractivity (Wildman–Crippen MR) is 94.7 cm³/mol. The molecule has 0 heterocycles. The van der Waals surface area contributed by atoms with Gasteiger partial charge in [0, 0.05) is 11.7 Å². The molecule has 1 aliphatic rings. The average Bonchev–Trinajstić information content (AvgIpc) is 2.96. The maximum Gasteiger partial charge on any atom is 0.238 e. The molecule has 1 amide bonds. The Hall–Kier alpha value is -2.13. The molecule has 2 aromatic carbocycles. The van der Waals surface area contributed by atoms with Gasteiger partial charge in [-0.2, -0.15) is 0 Å². The molecule has 1 aliphatic carbocycles. The van der Waals surface area contributed by atoms with Gasteiger partial charge in [-0.1, -0.05) is 36.4 Å². The van der Waals surface area contributed by atoms with Gasteiger partial charge in [-0.05, 0) is 62.1 Å². The van der Waals surface area contributed by atoms with E-state index in [0.29, 0.717) is 12.6 Å². The summed E-state index contributed by atoms with van der Waals surface area (Å²) in [6, 6.07) is 14.9. The van der Waals surface area contributed by atoms with Gasteiger partial charge in [0.25, 0.3) is 0 Å². The fourth-order valence-electron chi connectivity index (χ4n) is 3.41. The highest BCUT2D eigenvalue weighted by Gasteiger charge is 2.26. The second-order valence-electron chi connectivity index (χ2n) is 6.46. The Morgan fingerprint density at radius 2 is 1.96 bits per heavy atom. The van der Waals surface area contributed by atoms with Crippen molar-refractivity contribution in [1.29, 1.82) is 0 Å². The van der Waals surface area contributed by atoms with Gasteiger partial charge in [-0.15, -0.1) is 0 Å². The molecule has 0 unspecified atom stereocenters. The molecule has 0 spiro atoms. The van der Waals surface area contributed by atoms with E-state index < -0.39 is 0 Å². The van der Waals surface area contributed by atoms with Crippen molar-refractivity contribution in [2.45, 2.75) is 32.7 Å². The number of nitrogens with one attached hydrogen (secondary N) is 1. The van der Waals surface area contributed by atoms with E-state index in [1.165, 1.54) is 16.7 Å². The molecule has 0 radical (unpaired) electrons. The van der Waals surface area contributed by atoms with E-state index in [-0.39, 0.29) is 5.91 Å². The Morgan fingerprint density at radius 3 is 2.78 bits per heavy atom. The van der Waals surface area contributed by atoms with Gasteiger partial charge in [-0.3, -0.25) is 9.69 Å². The van der Waals surface area contributed by atoms with Crippen molar-refractivity contribution in [3.63, 3.8) is 0 Å². The monoisotopic (exact) mass is 308 g/mol. The van der Waals surface area contributed by atoms with Gasteiger partial charge >= 0.3 is 0 Å². The van der Waals surface area contributed by atoms with Crippen LogP contribution in [0.2, 0.25) is 0 Å². The van der Waals surface area contributed by atoms with Crippen LogP contribution in [0.25, 0.3) is 0 Å². The van der Waals surface area contributed by atoms with E-state index in [1.807, 2.05) is 26.1 Å². The predicted octanol–water partition coefficient (Wildman–Crippen LogP) is 3.86. The van der Waals surface area contributed by atoms with Crippen LogP contribution in [-0.2, 0) is 11.2 Å². The number of likely N-dealkylation sites (N-methyl/N-ethyl adjacent to an activating group) is 1. The summed E-state index contributed by atoms with van der Waals surface area (Å²) in [7, 11) is 2.04. The lowest BCUT2D eigenvalue weighted by Gasteiger charge is -2.24. The molecule has 0 saturated heterocycles. The standard InChI is InChI=1S/C20H24N2O/c1-14-7-6-10-18(15(14)2)21-20(23)13-22(3)19-12-11-16-8-4-5-9-17(16)19/h4-10,19H,11-13H2,1-3H3,(H,21,23)/t19-/m1/s1. The first-order chi connectivity index (χ1) is 11.1. The number of rotatable bonds is 4. The maximum absolute atomic E-state index is 12.4. The Kier molecular flexibility index (Phi) is 4.49. The minimum atomic E-state index is 0.0468. The average molecular weight is 308 g/mol. The van der Waals surface area contributed by atoms with Crippen LogP contribution in [0.5, 0.6) is 0 Å². The van der Waals surface area contributed by atoms with E-state index in [2.05, 4.69) is 47.5 Å². The third-order valence-corrected chi connectivity index (χ3v) is 4.90. The number of hydrogen-bond acceptors (Lipinski definition) is 2. The second kappa shape index (κ2) is 6.55. The molecule has 2 aromatic rings. The third-order valence-electron chi connectivity index (χ3n) is 4.90. The highest BCUT2D eigenvalue weighted by atomic mass is 16.2. The summed E-state index contributed by atoms with van der Waals surface area (Å²) in [6.45, 7) is 4.51. The molecule has 0 aliphatic heterocycles. The molecule has 3 nitrogen and oxygen atoms in total. The SMILES string of the molecule is Cc1cccc(NC(=O)CN(C)[C@@H]2CCc3ccccc32)c1C. The molecular weight excluding hydrogens is 284 g/mol. The van der Waals surface area contributed by atoms with Gasteiger partial charge in [0.15, 0.2) is 0 Å². The minimum absolute atomic E-state index is 0.0468. The van der Waals surface area contributed by atoms with E-state index in [9.17, 15) is 4.79 Å². The number of benzene rings is 2. The first-order valence-electron chi connectivity index (χ1n) is 8.20. The van der Waals surface area contributed by atoms with Crippen molar-refractivity contribution < 1.29 is 4.79 Å². The number of nitrogens with zero attached hydrogens (tertiary/aromatic N) is 1. The zero-order valence-electron chi connectivity index (χ0n) is 14.1. The zero-order valence-corrected chi connectivity index (χ0v) is 14.1. The molecule has 1 N–H and O–H groups in total. The normalized spacial score (nSPS) is 16.4. The summed E-state index contributed by atoms with van der Waals surface area (Å²) in [5.74, 6) is 0.0468. The van der Waals surface area contributed by atoms with Crippen LogP contribution in [0, 0.1) is 13.8 Å². The Morgan fingerprint density at radius 1 is 1.17 bits per heavy atom. The molecule has 1 atom stereocenters. The van der Waals surface area contributed by atoms with Crippen LogP contribution in [0.1, 0.15) is 34.7 Å². The van der Waals surface area contributed by atoms with Crippen LogP contribution in [0.15, 0.2) is 42.5 Å². The van der Waals surface area contributed by atoms with Crippen molar-refractivity contribution >= 4 is 11.6 Å². The van der Waals surface area contributed by atoms with Gasteiger partial charge in [0.1, 0.15) is 0 Å². The first-order valence-corrected chi connectivity index (χ1v) is 8.20. The molecule has 3 rings (SSSR count). The minimum Gasteiger partial charge on any atom is -0.325 e. The fraction of sp³-hybridized carbons (Fsp3) is 0.350. The van der Waals surface area contributed by atoms with E-state index in [1.54, 1.807) is 0 Å². The number of amides is 1. The number of anilines is 1. The summed E-state index contributed by atoms with van der Waals surface area (Å²) >= 11 is 0. The lowest BCUT2D eigenvalue weighted by molar-refractivity contribution is -0.117. The number of fused-ring (bicyclic) bond motifs is 1. The summed E-state index contributed by atoms with van der Waals surface area (Å²) in [6.07, 6.45) is 2.19. The highest BCUT2D eigenvalue weighted by Crippen LogP contribution is 2.34. The highest BCUT2D eigenvalue weighted by molar-refractivity contribution is 5.93. The Labute approximate surface area is 138 Å². The van der Waals surface area contributed by atoms with Gasteiger partial charge < -0.3 is 5.32 Å². The van der Waals surface area contributed by atoms with Crippen molar-refractivity contribution in [1.82, 2.24) is 4.90 Å². The van der Waals surface area contributed by atoms with Crippen molar-refractivity contribution in [3.8, 4) is 0 Å². The number of hydrogen-bond donors (Lipinski definition) is 1. The van der Waals surface area contributed by atoms with Crippen LogP contribution >= 0.6 is 0 Å². The van der Waals surface area contributed by atoms with Crippen LogP contribution in [-0.4, -0.2) is 24.4 Å². The van der Waals surface area contributed by atoms with Crippen molar-refractivity contribution in [2.24, 2.45) is 0 Å². The largest absolute Gasteiger partial charge is 0.325 e. The van der Waals surface area contributed by atoms with E-state index >= 15 is 0 Å². The van der Waals surface area contributed by atoms with Crippen molar-refractivity contribution in [3.05, 3.63) is 64.7 Å². The van der Waals surface area contributed by atoms with Crippen molar-refractivity contribution in [2.75, 3.05) is 18.9 Å². The topological polar surface area (TPSA) is 32.3 Å². The van der Waals surface area contributed by atoms with E-state index in [0.717, 1.165) is 24.1 Å². The smallest absolute Gasteiger partial charge is 0.238 e. The van der Waals surface area contributed by atoms with E-state index in [4.69, 9.17) is 0 Å². The summed E-state index contributed by atoms with van der Waals surface area (Å²) in [5.41, 5.74) is 6.03.